The van der Waals surface area contributed by atoms with Crippen LogP contribution in [-0.4, -0.2) is 35.7 Å². The van der Waals surface area contributed by atoms with Crippen LogP contribution in [0.4, 0.5) is 18.0 Å². The molecule has 0 radical (unpaired) electrons. The van der Waals surface area contributed by atoms with Crippen LogP contribution in [0.3, 0.4) is 0 Å². The van der Waals surface area contributed by atoms with Crippen LogP contribution in [0, 0.1) is 5.41 Å². The molecule has 0 spiro atoms. The van der Waals surface area contributed by atoms with E-state index in [0.717, 1.165) is 0 Å². The van der Waals surface area contributed by atoms with Gasteiger partial charge in [0.1, 0.15) is 6.54 Å². The highest BCUT2D eigenvalue weighted by molar-refractivity contribution is 5.96. The molecule has 6 nitrogen and oxygen atoms in total. The summed E-state index contributed by atoms with van der Waals surface area (Å²) in [5.41, 5.74) is -1.41. The Morgan fingerprint density at radius 1 is 1.17 bits per heavy atom. The monoisotopic (exact) mass is 270 g/mol. The highest BCUT2D eigenvalue weighted by Gasteiger charge is 2.31. The Balaban J connectivity index is 4.18. The first-order valence-corrected chi connectivity index (χ1v) is 4.82. The van der Waals surface area contributed by atoms with E-state index in [1.54, 1.807) is 5.32 Å². The van der Waals surface area contributed by atoms with Gasteiger partial charge >= 0.3 is 18.2 Å². The number of alkyl halides is 3. The molecule has 0 aromatic heterocycles. The number of carbonyl (C=O) groups is 3. The normalized spacial score (nSPS) is 11.8. The second-order valence-corrected chi connectivity index (χ2v) is 4.21. The number of nitrogens with one attached hydrogen (secondary N) is 2. The van der Waals surface area contributed by atoms with Gasteiger partial charge < -0.3 is 10.4 Å². The minimum absolute atomic E-state index is 0.526. The van der Waals surface area contributed by atoms with Gasteiger partial charge in [-0.2, -0.15) is 13.2 Å². The zero-order chi connectivity index (χ0) is 14.6. The van der Waals surface area contributed by atoms with Crippen molar-refractivity contribution >= 4 is 17.9 Å². The lowest BCUT2D eigenvalue weighted by Crippen LogP contribution is -2.44. The minimum atomic E-state index is -4.58. The Bertz CT molecular complexity index is 352. The van der Waals surface area contributed by atoms with Gasteiger partial charge in [0.2, 0.25) is 5.91 Å². The number of halogens is 3. The van der Waals surface area contributed by atoms with E-state index < -0.39 is 42.5 Å². The van der Waals surface area contributed by atoms with Crippen LogP contribution < -0.4 is 10.6 Å². The fraction of sp³-hybridized carbons (Fsp3) is 0.667. The van der Waals surface area contributed by atoms with E-state index in [2.05, 4.69) is 0 Å². The lowest BCUT2D eigenvalue weighted by Gasteiger charge is -2.18. The quantitative estimate of drug-likeness (QED) is 0.706. The van der Waals surface area contributed by atoms with E-state index in [4.69, 9.17) is 5.11 Å². The average molecular weight is 270 g/mol. The first-order valence-electron chi connectivity index (χ1n) is 4.82. The zero-order valence-electron chi connectivity index (χ0n) is 9.72. The summed E-state index contributed by atoms with van der Waals surface area (Å²) in [4.78, 5) is 32.7. The smallest absolute Gasteiger partial charge is 0.405 e. The van der Waals surface area contributed by atoms with E-state index in [1.807, 2.05) is 0 Å². The second kappa shape index (κ2) is 5.69. The van der Waals surface area contributed by atoms with Crippen LogP contribution >= 0.6 is 0 Å². The average Bonchev–Trinajstić information content (AvgIpc) is 2.12. The maximum Gasteiger partial charge on any atom is 0.405 e. The standard InChI is InChI=1S/C9H13F3N2O4/c1-8(2,6(16)17)3-5(15)14-7(18)13-4-9(10,11)12/h3-4H2,1-2H3,(H,16,17)(H2,13,14,15,18). The van der Waals surface area contributed by atoms with E-state index in [0.29, 0.717) is 0 Å². The number of aliphatic carboxylic acids is 1. The summed E-state index contributed by atoms with van der Waals surface area (Å²) in [6, 6.07) is -1.32. The van der Waals surface area contributed by atoms with Crippen LogP contribution in [0.2, 0.25) is 0 Å². The molecular formula is C9H13F3N2O4. The highest BCUT2D eigenvalue weighted by atomic mass is 19.4. The molecule has 0 aromatic rings. The van der Waals surface area contributed by atoms with Crippen molar-refractivity contribution in [3.05, 3.63) is 0 Å². The zero-order valence-corrected chi connectivity index (χ0v) is 9.72. The van der Waals surface area contributed by atoms with E-state index in [9.17, 15) is 27.6 Å². The number of urea groups is 1. The van der Waals surface area contributed by atoms with Crippen molar-refractivity contribution in [2.24, 2.45) is 5.41 Å². The van der Waals surface area contributed by atoms with Gasteiger partial charge in [-0.3, -0.25) is 14.9 Å². The number of imide groups is 1. The molecule has 0 heterocycles. The maximum atomic E-state index is 11.7. The molecule has 0 atom stereocenters. The van der Waals surface area contributed by atoms with Crippen LogP contribution in [-0.2, 0) is 9.59 Å². The van der Waals surface area contributed by atoms with E-state index in [-0.39, 0.29) is 0 Å². The SMILES string of the molecule is CC(C)(CC(=O)NC(=O)NCC(F)(F)F)C(=O)O. The van der Waals surface area contributed by atoms with Crippen molar-refractivity contribution in [2.45, 2.75) is 26.4 Å². The van der Waals surface area contributed by atoms with Gasteiger partial charge in [0.15, 0.2) is 0 Å². The van der Waals surface area contributed by atoms with Gasteiger partial charge in [0.05, 0.1) is 5.41 Å². The van der Waals surface area contributed by atoms with Gasteiger partial charge in [-0.05, 0) is 13.8 Å². The summed E-state index contributed by atoms with van der Waals surface area (Å²) >= 11 is 0. The summed E-state index contributed by atoms with van der Waals surface area (Å²) < 4.78 is 35.2. The lowest BCUT2D eigenvalue weighted by atomic mass is 9.89. The molecule has 0 rings (SSSR count). The molecule has 0 aliphatic carbocycles. The summed E-state index contributed by atoms with van der Waals surface area (Å²) in [7, 11) is 0. The second-order valence-electron chi connectivity index (χ2n) is 4.21. The molecule has 0 aromatic carbocycles. The number of rotatable bonds is 4. The van der Waals surface area contributed by atoms with Crippen LogP contribution in [0.1, 0.15) is 20.3 Å². The van der Waals surface area contributed by atoms with Gasteiger partial charge in [0, 0.05) is 6.42 Å². The van der Waals surface area contributed by atoms with Gasteiger partial charge in [0.25, 0.3) is 0 Å². The van der Waals surface area contributed by atoms with E-state index >= 15 is 0 Å². The minimum Gasteiger partial charge on any atom is -0.481 e. The first kappa shape index (κ1) is 16.2. The van der Waals surface area contributed by atoms with Gasteiger partial charge in [-0.1, -0.05) is 0 Å². The van der Waals surface area contributed by atoms with Gasteiger partial charge in [-0.15, -0.1) is 0 Å². The predicted octanol–water partition coefficient (Wildman–Crippen LogP) is 0.875. The molecule has 0 unspecified atom stereocenters. The van der Waals surface area contributed by atoms with Gasteiger partial charge in [-0.25, -0.2) is 4.79 Å². The topological polar surface area (TPSA) is 95.5 Å². The maximum absolute atomic E-state index is 11.7. The number of carboxylic acid groups (broad SMARTS) is 1. The number of hydrogen-bond acceptors (Lipinski definition) is 3. The largest absolute Gasteiger partial charge is 0.481 e. The molecule has 0 saturated carbocycles. The van der Waals surface area contributed by atoms with E-state index in [1.165, 1.54) is 19.2 Å². The molecule has 0 saturated heterocycles. The highest BCUT2D eigenvalue weighted by Crippen LogP contribution is 2.19. The number of carbonyl (C=O) groups excluding carboxylic acids is 2. The molecular weight excluding hydrogens is 257 g/mol. The Morgan fingerprint density at radius 2 is 1.67 bits per heavy atom. The third-order valence-electron chi connectivity index (χ3n) is 1.88. The fourth-order valence-corrected chi connectivity index (χ4v) is 0.873. The molecule has 9 heteroatoms. The molecule has 0 aliphatic rings. The fourth-order valence-electron chi connectivity index (χ4n) is 0.873. The van der Waals surface area contributed by atoms with Crippen molar-refractivity contribution in [3.63, 3.8) is 0 Å². The number of amides is 3. The summed E-state index contributed by atoms with van der Waals surface area (Å²) in [5, 5.41) is 11.7. The molecule has 18 heavy (non-hydrogen) atoms. The van der Waals surface area contributed by atoms with Crippen molar-refractivity contribution in [1.29, 1.82) is 0 Å². The van der Waals surface area contributed by atoms with Crippen molar-refractivity contribution in [3.8, 4) is 0 Å². The van der Waals surface area contributed by atoms with Crippen LogP contribution in [0.25, 0.3) is 0 Å². The van der Waals surface area contributed by atoms with Crippen molar-refractivity contribution in [1.82, 2.24) is 10.6 Å². The molecule has 0 aliphatic heterocycles. The molecule has 3 amide bonds. The van der Waals surface area contributed by atoms with Crippen molar-refractivity contribution < 1.29 is 32.7 Å². The Hall–Kier alpha value is -1.80. The van der Waals surface area contributed by atoms with Crippen LogP contribution in [0.15, 0.2) is 0 Å². The molecule has 0 bridgehead atoms. The summed E-state index contributed by atoms with van der Waals surface area (Å²) in [6.07, 6.45) is -5.11. The number of carboxylic acids is 1. The Morgan fingerprint density at radius 3 is 2.06 bits per heavy atom. The summed E-state index contributed by atoms with van der Waals surface area (Å²) in [5.74, 6) is -2.23. The first-order chi connectivity index (χ1) is 7.94. The predicted molar refractivity (Wildman–Crippen MR) is 53.6 cm³/mol. The lowest BCUT2D eigenvalue weighted by molar-refractivity contribution is -0.149. The Labute approximate surface area is 101 Å². The van der Waals surface area contributed by atoms with Crippen LogP contribution in [0.5, 0.6) is 0 Å². The number of hydrogen-bond donors (Lipinski definition) is 3. The third-order valence-corrected chi connectivity index (χ3v) is 1.88. The molecule has 104 valence electrons. The Kier molecular flexibility index (Phi) is 5.12. The molecule has 3 N–H and O–H groups in total. The van der Waals surface area contributed by atoms with Crippen molar-refractivity contribution in [2.75, 3.05) is 6.54 Å². The molecule has 0 fully saturated rings. The summed E-state index contributed by atoms with van der Waals surface area (Å²) in [6.45, 7) is 0.930. The third kappa shape index (κ3) is 6.71.